The van der Waals surface area contributed by atoms with Crippen LogP contribution in [0.3, 0.4) is 0 Å². The Bertz CT molecular complexity index is 247. The molecule has 1 N–H and O–H groups in total. The Morgan fingerprint density at radius 3 is 1.50 bits per heavy atom. The van der Waals surface area contributed by atoms with Crippen LogP contribution < -0.4 is 0 Å². The number of alkyl halides is 8. The summed E-state index contributed by atoms with van der Waals surface area (Å²) in [6.07, 6.45) is -7.87. The molecular formula is C7H8F8O. The van der Waals surface area contributed by atoms with Gasteiger partial charge in [-0.15, -0.1) is 0 Å². The quantitative estimate of drug-likeness (QED) is 0.770. The normalized spacial score (nSPS) is 18.4. The van der Waals surface area contributed by atoms with Gasteiger partial charge >= 0.3 is 18.0 Å². The van der Waals surface area contributed by atoms with E-state index < -0.39 is 36.7 Å². The molecule has 1 unspecified atom stereocenters. The predicted octanol–water partition coefficient (Wildman–Crippen LogP) is 2.93. The summed E-state index contributed by atoms with van der Waals surface area (Å²) in [4.78, 5) is 0. The van der Waals surface area contributed by atoms with Gasteiger partial charge in [-0.05, 0) is 0 Å². The molecule has 98 valence electrons. The van der Waals surface area contributed by atoms with Crippen molar-refractivity contribution in [1.82, 2.24) is 0 Å². The van der Waals surface area contributed by atoms with Crippen molar-refractivity contribution < 1.29 is 40.2 Å². The van der Waals surface area contributed by atoms with E-state index in [9.17, 15) is 35.1 Å². The maximum absolute atomic E-state index is 12.8. The van der Waals surface area contributed by atoms with E-state index in [0.717, 1.165) is 0 Å². The average molecular weight is 260 g/mol. The van der Waals surface area contributed by atoms with Crippen molar-refractivity contribution in [3.05, 3.63) is 0 Å². The van der Waals surface area contributed by atoms with Crippen LogP contribution in [0.2, 0.25) is 0 Å². The summed E-state index contributed by atoms with van der Waals surface area (Å²) in [5, 5.41) is 8.42. The summed E-state index contributed by atoms with van der Waals surface area (Å²) in [5.74, 6) is -11.1. The van der Waals surface area contributed by atoms with Crippen molar-refractivity contribution in [2.45, 2.75) is 37.0 Å². The minimum Gasteiger partial charge on any atom is -0.374 e. The highest BCUT2D eigenvalue weighted by molar-refractivity contribution is 5.05. The molecule has 0 aromatic heterocycles. The van der Waals surface area contributed by atoms with Crippen LogP contribution in [0.5, 0.6) is 0 Å². The fourth-order valence-electron chi connectivity index (χ4n) is 0.862. The summed E-state index contributed by atoms with van der Waals surface area (Å²) in [6, 6.07) is 0. The lowest BCUT2D eigenvalue weighted by Crippen LogP contribution is -2.67. The molecule has 0 saturated heterocycles. The summed E-state index contributed by atoms with van der Waals surface area (Å²) in [5.41, 5.74) is -5.39. The number of halogens is 8. The maximum Gasteiger partial charge on any atom is 0.426 e. The average Bonchev–Trinajstić information content (AvgIpc) is 2.14. The fraction of sp³-hybridized carbons (Fsp3) is 1.00. The molecule has 0 aliphatic heterocycles. The van der Waals surface area contributed by atoms with Crippen molar-refractivity contribution in [3.8, 4) is 0 Å². The molecule has 0 bridgehead atoms. The largest absolute Gasteiger partial charge is 0.426 e. The molecule has 9 heteroatoms. The first kappa shape index (κ1) is 15.4. The van der Waals surface area contributed by atoms with Crippen LogP contribution in [0.15, 0.2) is 0 Å². The second-order valence-electron chi connectivity index (χ2n) is 3.12. The molecule has 0 aliphatic carbocycles. The van der Waals surface area contributed by atoms with Crippen LogP contribution in [0.25, 0.3) is 0 Å². The zero-order valence-electron chi connectivity index (χ0n) is 7.89. The zero-order valence-corrected chi connectivity index (χ0v) is 7.89. The summed E-state index contributed by atoms with van der Waals surface area (Å²) >= 11 is 0. The molecule has 0 fully saturated rings. The summed E-state index contributed by atoms with van der Waals surface area (Å²) < 4.78 is 98.5. The van der Waals surface area contributed by atoms with E-state index in [2.05, 4.69) is 0 Å². The number of rotatable bonds is 4. The third-order valence-electron chi connectivity index (χ3n) is 2.09. The van der Waals surface area contributed by atoms with Crippen LogP contribution in [-0.2, 0) is 0 Å². The van der Waals surface area contributed by atoms with E-state index in [1.165, 1.54) is 0 Å². The Hall–Kier alpha value is -0.600. The van der Waals surface area contributed by atoms with E-state index >= 15 is 0 Å². The van der Waals surface area contributed by atoms with Gasteiger partial charge in [-0.1, -0.05) is 6.92 Å². The lowest BCUT2D eigenvalue weighted by molar-refractivity contribution is -0.379. The van der Waals surface area contributed by atoms with Crippen molar-refractivity contribution >= 4 is 0 Å². The van der Waals surface area contributed by atoms with Crippen LogP contribution >= 0.6 is 0 Å². The van der Waals surface area contributed by atoms with Crippen LogP contribution in [-0.4, -0.2) is 35.4 Å². The molecule has 1 atom stereocenters. The van der Waals surface area contributed by atoms with Gasteiger partial charge in [0.05, 0.1) is 0 Å². The van der Waals surface area contributed by atoms with E-state index in [4.69, 9.17) is 5.11 Å². The summed E-state index contributed by atoms with van der Waals surface area (Å²) in [7, 11) is 0. The first-order valence-electron chi connectivity index (χ1n) is 3.98. The van der Waals surface area contributed by atoms with Crippen LogP contribution in [0, 0.1) is 0 Å². The molecule has 0 amide bonds. The zero-order chi connectivity index (χ0) is 13.4. The molecule has 0 spiro atoms. The van der Waals surface area contributed by atoms with E-state index in [0.29, 0.717) is 6.92 Å². The monoisotopic (exact) mass is 260 g/mol. The fourth-order valence-corrected chi connectivity index (χ4v) is 0.862. The first-order chi connectivity index (χ1) is 6.87. The standard InChI is InChI=1S/C7H8F8O/c1-2-5(9,10)6(11,12)4(16,3-8)7(13,14)15/h16H,2-3H2,1H3. The van der Waals surface area contributed by atoms with Crippen LogP contribution in [0.4, 0.5) is 35.1 Å². The predicted molar refractivity (Wildman–Crippen MR) is 37.2 cm³/mol. The molecule has 0 aromatic carbocycles. The molecular weight excluding hydrogens is 252 g/mol. The Balaban J connectivity index is 5.58. The molecule has 0 aromatic rings. The summed E-state index contributed by atoms with van der Waals surface area (Å²) in [6.45, 7) is -2.57. The van der Waals surface area contributed by atoms with E-state index in [-0.39, 0.29) is 0 Å². The van der Waals surface area contributed by atoms with Gasteiger partial charge in [0.1, 0.15) is 6.67 Å². The smallest absolute Gasteiger partial charge is 0.374 e. The van der Waals surface area contributed by atoms with Gasteiger partial charge in [0.2, 0.25) is 0 Å². The van der Waals surface area contributed by atoms with Gasteiger partial charge in [0.15, 0.2) is 0 Å². The van der Waals surface area contributed by atoms with Crippen molar-refractivity contribution in [2.75, 3.05) is 6.67 Å². The minimum atomic E-state index is -6.20. The Labute approximate surface area is 85.0 Å². The number of hydrogen-bond acceptors (Lipinski definition) is 1. The molecule has 0 aliphatic rings. The topological polar surface area (TPSA) is 20.2 Å². The van der Waals surface area contributed by atoms with Gasteiger partial charge in [-0.3, -0.25) is 0 Å². The van der Waals surface area contributed by atoms with E-state index in [1.807, 2.05) is 0 Å². The van der Waals surface area contributed by atoms with Crippen LogP contribution in [0.1, 0.15) is 13.3 Å². The molecule has 1 nitrogen and oxygen atoms in total. The Morgan fingerprint density at radius 2 is 1.31 bits per heavy atom. The lowest BCUT2D eigenvalue weighted by Gasteiger charge is -2.38. The van der Waals surface area contributed by atoms with Crippen molar-refractivity contribution in [1.29, 1.82) is 0 Å². The number of aliphatic hydroxyl groups is 1. The number of hydrogen-bond donors (Lipinski definition) is 1. The van der Waals surface area contributed by atoms with E-state index in [1.54, 1.807) is 0 Å². The molecule has 0 radical (unpaired) electrons. The molecule has 0 saturated carbocycles. The minimum absolute atomic E-state index is 0.489. The van der Waals surface area contributed by atoms with Gasteiger partial charge in [-0.25, -0.2) is 4.39 Å². The second-order valence-corrected chi connectivity index (χ2v) is 3.12. The maximum atomic E-state index is 12.8. The van der Waals surface area contributed by atoms with Crippen molar-refractivity contribution in [2.24, 2.45) is 0 Å². The first-order valence-corrected chi connectivity index (χ1v) is 3.98. The highest BCUT2D eigenvalue weighted by atomic mass is 19.4. The molecule has 0 rings (SSSR count). The SMILES string of the molecule is CCC(F)(F)C(F)(F)C(O)(CF)C(F)(F)F. The third kappa shape index (κ3) is 1.96. The third-order valence-corrected chi connectivity index (χ3v) is 2.09. The van der Waals surface area contributed by atoms with Gasteiger partial charge in [0.25, 0.3) is 5.60 Å². The second kappa shape index (κ2) is 4.01. The highest BCUT2D eigenvalue weighted by Crippen LogP contribution is 2.50. The highest BCUT2D eigenvalue weighted by Gasteiger charge is 2.77. The van der Waals surface area contributed by atoms with Gasteiger partial charge in [-0.2, -0.15) is 30.7 Å². The Morgan fingerprint density at radius 1 is 0.938 bits per heavy atom. The van der Waals surface area contributed by atoms with Gasteiger partial charge in [0, 0.05) is 6.42 Å². The molecule has 16 heavy (non-hydrogen) atoms. The van der Waals surface area contributed by atoms with Crippen molar-refractivity contribution in [3.63, 3.8) is 0 Å². The lowest BCUT2D eigenvalue weighted by atomic mass is 9.90. The van der Waals surface area contributed by atoms with Gasteiger partial charge < -0.3 is 5.11 Å². The Kier molecular flexibility index (Phi) is 3.86. The molecule has 0 heterocycles.